The molecule has 0 aliphatic carbocycles. The lowest BCUT2D eigenvalue weighted by Crippen LogP contribution is -2.32. The molecule has 0 aromatic heterocycles. The largest absolute Gasteiger partial charge is 0.496 e. The number of methoxy groups -OCH3 is 1. The van der Waals surface area contributed by atoms with E-state index in [9.17, 15) is 9.59 Å². The number of hydrogen-bond acceptors (Lipinski definition) is 5. The molecule has 0 spiro atoms. The van der Waals surface area contributed by atoms with E-state index in [0.717, 1.165) is 10.8 Å². The van der Waals surface area contributed by atoms with E-state index in [1.165, 1.54) is 6.21 Å². The molecule has 7 heteroatoms. The van der Waals surface area contributed by atoms with E-state index >= 15 is 0 Å². The van der Waals surface area contributed by atoms with Gasteiger partial charge in [-0.15, -0.1) is 0 Å². The summed E-state index contributed by atoms with van der Waals surface area (Å²) in [6, 6.07) is 27.5. The van der Waals surface area contributed by atoms with Crippen molar-refractivity contribution in [2.45, 2.75) is 0 Å². The van der Waals surface area contributed by atoms with Crippen molar-refractivity contribution in [2.75, 3.05) is 12.4 Å². The quantitative estimate of drug-likeness (QED) is 0.258. The number of carbonyl (C=O) groups is 2. The lowest BCUT2D eigenvalue weighted by Gasteiger charge is -2.09. The van der Waals surface area contributed by atoms with Crippen LogP contribution in [-0.4, -0.2) is 25.1 Å². The molecule has 0 aliphatic rings. The van der Waals surface area contributed by atoms with Gasteiger partial charge in [0.05, 0.1) is 13.3 Å². The van der Waals surface area contributed by atoms with Gasteiger partial charge in [0.1, 0.15) is 17.2 Å². The summed E-state index contributed by atoms with van der Waals surface area (Å²) < 4.78 is 11.1. The Labute approximate surface area is 190 Å². The normalized spacial score (nSPS) is 10.7. The third-order valence-electron chi connectivity index (χ3n) is 4.81. The number of nitrogens with one attached hydrogen (secondary N) is 2. The van der Waals surface area contributed by atoms with Crippen LogP contribution in [0.2, 0.25) is 0 Å². The van der Waals surface area contributed by atoms with Crippen molar-refractivity contribution in [3.63, 3.8) is 0 Å². The maximum atomic E-state index is 12.2. The molecule has 0 radical (unpaired) electrons. The first-order valence-electron chi connectivity index (χ1n) is 10.2. The number of rotatable bonds is 6. The van der Waals surface area contributed by atoms with Gasteiger partial charge in [-0.3, -0.25) is 9.59 Å². The van der Waals surface area contributed by atoms with Gasteiger partial charge in [-0.25, -0.2) is 5.43 Å². The number of para-hydroxylation sites is 1. The van der Waals surface area contributed by atoms with Crippen molar-refractivity contribution in [1.82, 2.24) is 5.43 Å². The average molecular weight is 439 g/mol. The smallest absolute Gasteiger partial charge is 0.329 e. The molecule has 0 fully saturated rings. The minimum atomic E-state index is -0.893. The predicted molar refractivity (Wildman–Crippen MR) is 128 cm³/mol. The van der Waals surface area contributed by atoms with Gasteiger partial charge in [-0.1, -0.05) is 48.5 Å². The van der Waals surface area contributed by atoms with Gasteiger partial charge in [-0.2, -0.15) is 5.10 Å². The van der Waals surface area contributed by atoms with Crippen molar-refractivity contribution >= 4 is 34.5 Å². The number of fused-ring (bicyclic) bond motifs is 1. The molecule has 0 atom stereocenters. The summed E-state index contributed by atoms with van der Waals surface area (Å²) >= 11 is 0. The molecule has 7 nitrogen and oxygen atoms in total. The summed E-state index contributed by atoms with van der Waals surface area (Å²) in [7, 11) is 1.56. The van der Waals surface area contributed by atoms with Gasteiger partial charge in [0.2, 0.25) is 0 Å². The fraction of sp³-hybridized carbons (Fsp3) is 0.0385. The number of anilines is 1. The van der Waals surface area contributed by atoms with Crippen LogP contribution >= 0.6 is 0 Å². The summed E-state index contributed by atoms with van der Waals surface area (Å²) in [4.78, 5) is 24.4. The summed E-state index contributed by atoms with van der Waals surface area (Å²) in [6.07, 6.45) is 1.46. The Kier molecular flexibility index (Phi) is 6.61. The third-order valence-corrected chi connectivity index (χ3v) is 4.81. The molecule has 0 aliphatic heterocycles. The van der Waals surface area contributed by atoms with Crippen molar-refractivity contribution in [1.29, 1.82) is 0 Å². The van der Waals surface area contributed by atoms with Gasteiger partial charge < -0.3 is 14.8 Å². The van der Waals surface area contributed by atoms with Crippen LogP contribution in [0.15, 0.2) is 96.1 Å². The molecule has 0 saturated carbocycles. The van der Waals surface area contributed by atoms with Crippen LogP contribution in [0.4, 0.5) is 5.69 Å². The fourth-order valence-corrected chi connectivity index (χ4v) is 3.21. The standard InChI is InChI=1S/C26H21N3O4/c1-32-24-16-11-18-7-5-6-10-22(18)23(24)17-27-29-26(31)25(30)28-19-12-14-21(15-13-19)33-20-8-3-2-4-9-20/h2-17H,1H3,(H,28,30)(H,29,31). The number of nitrogens with zero attached hydrogens (tertiary/aromatic N) is 1. The molecule has 0 bridgehead atoms. The minimum absolute atomic E-state index is 0.454. The van der Waals surface area contributed by atoms with Crippen LogP contribution in [0.1, 0.15) is 5.56 Å². The second-order valence-corrected chi connectivity index (χ2v) is 7.00. The predicted octanol–water partition coefficient (Wildman–Crippen LogP) is 4.73. The molecule has 0 saturated heterocycles. The Balaban J connectivity index is 1.37. The van der Waals surface area contributed by atoms with Gasteiger partial charge in [0.25, 0.3) is 0 Å². The maximum absolute atomic E-state index is 12.2. The number of benzene rings is 4. The van der Waals surface area contributed by atoms with Gasteiger partial charge in [0.15, 0.2) is 0 Å². The van der Waals surface area contributed by atoms with E-state index in [4.69, 9.17) is 9.47 Å². The Morgan fingerprint density at radius 1 is 0.788 bits per heavy atom. The lowest BCUT2D eigenvalue weighted by atomic mass is 10.0. The van der Waals surface area contributed by atoms with E-state index in [0.29, 0.717) is 28.5 Å². The fourth-order valence-electron chi connectivity index (χ4n) is 3.21. The first kappa shape index (κ1) is 21.6. The molecule has 0 heterocycles. The Hall–Kier alpha value is -4.65. The second-order valence-electron chi connectivity index (χ2n) is 7.00. The first-order valence-corrected chi connectivity index (χ1v) is 10.2. The summed E-state index contributed by atoms with van der Waals surface area (Å²) in [5.41, 5.74) is 3.40. The summed E-state index contributed by atoms with van der Waals surface area (Å²) in [5.74, 6) is 0.185. The number of hydrogen-bond donors (Lipinski definition) is 2. The van der Waals surface area contributed by atoms with E-state index in [1.807, 2.05) is 66.7 Å². The molecule has 4 aromatic rings. The highest BCUT2D eigenvalue weighted by Crippen LogP contribution is 2.26. The lowest BCUT2D eigenvalue weighted by molar-refractivity contribution is -0.136. The molecule has 4 rings (SSSR count). The second kappa shape index (κ2) is 10.1. The van der Waals surface area contributed by atoms with Crippen LogP contribution in [0, 0.1) is 0 Å². The van der Waals surface area contributed by atoms with Crippen molar-refractivity contribution in [2.24, 2.45) is 5.10 Å². The van der Waals surface area contributed by atoms with Crippen LogP contribution in [0.25, 0.3) is 10.8 Å². The first-order chi connectivity index (χ1) is 16.1. The molecule has 33 heavy (non-hydrogen) atoms. The Morgan fingerprint density at radius 2 is 1.48 bits per heavy atom. The highest BCUT2D eigenvalue weighted by molar-refractivity contribution is 6.39. The Bertz CT molecular complexity index is 1300. The van der Waals surface area contributed by atoms with E-state index in [-0.39, 0.29) is 0 Å². The molecule has 164 valence electrons. The van der Waals surface area contributed by atoms with Gasteiger partial charge >= 0.3 is 11.8 Å². The van der Waals surface area contributed by atoms with E-state index in [2.05, 4.69) is 15.8 Å². The van der Waals surface area contributed by atoms with E-state index in [1.54, 1.807) is 31.4 Å². The van der Waals surface area contributed by atoms with Crippen LogP contribution in [-0.2, 0) is 9.59 Å². The zero-order valence-corrected chi connectivity index (χ0v) is 17.8. The monoisotopic (exact) mass is 439 g/mol. The number of ether oxygens (including phenoxy) is 2. The van der Waals surface area contributed by atoms with Crippen LogP contribution in [0.3, 0.4) is 0 Å². The van der Waals surface area contributed by atoms with Crippen LogP contribution in [0.5, 0.6) is 17.2 Å². The SMILES string of the molecule is COc1ccc2ccccc2c1C=NNC(=O)C(=O)Nc1ccc(Oc2ccccc2)cc1. The number of carbonyl (C=O) groups excluding carboxylic acids is 2. The molecule has 2 amide bonds. The van der Waals surface area contributed by atoms with Crippen molar-refractivity contribution < 1.29 is 19.1 Å². The molecular formula is C26H21N3O4. The molecular weight excluding hydrogens is 418 g/mol. The maximum Gasteiger partial charge on any atom is 0.329 e. The van der Waals surface area contributed by atoms with Gasteiger partial charge in [0, 0.05) is 11.3 Å². The molecule has 4 aromatic carbocycles. The number of hydrazone groups is 1. The van der Waals surface area contributed by atoms with Crippen molar-refractivity contribution in [3.8, 4) is 17.2 Å². The molecule has 0 unspecified atom stereocenters. The number of amides is 2. The minimum Gasteiger partial charge on any atom is -0.496 e. The topological polar surface area (TPSA) is 89.0 Å². The Morgan fingerprint density at radius 3 is 2.24 bits per heavy atom. The highest BCUT2D eigenvalue weighted by Gasteiger charge is 2.13. The summed E-state index contributed by atoms with van der Waals surface area (Å²) in [5, 5.41) is 8.38. The van der Waals surface area contributed by atoms with Gasteiger partial charge in [-0.05, 0) is 53.2 Å². The zero-order valence-electron chi connectivity index (χ0n) is 17.8. The van der Waals surface area contributed by atoms with E-state index < -0.39 is 11.8 Å². The highest BCUT2D eigenvalue weighted by atomic mass is 16.5. The van der Waals surface area contributed by atoms with Crippen LogP contribution < -0.4 is 20.2 Å². The third kappa shape index (κ3) is 5.34. The summed E-state index contributed by atoms with van der Waals surface area (Å²) in [6.45, 7) is 0. The average Bonchev–Trinajstić information content (AvgIpc) is 2.85. The molecule has 2 N–H and O–H groups in total. The zero-order chi connectivity index (χ0) is 23.0. The van der Waals surface area contributed by atoms with Crippen molar-refractivity contribution in [3.05, 3.63) is 96.6 Å².